The molecule has 0 aliphatic rings. The first-order valence-corrected chi connectivity index (χ1v) is 4.61. The average molecular weight is 186 g/mol. The summed E-state index contributed by atoms with van der Waals surface area (Å²) < 4.78 is 10.3. The number of hydrogen-bond donors (Lipinski definition) is 1. The predicted octanol–water partition coefficient (Wildman–Crippen LogP) is 0.815. The van der Waals surface area contributed by atoms with Crippen molar-refractivity contribution < 1.29 is 14.6 Å². The number of aliphatic hydroxyl groups excluding tert-OH is 1. The molecule has 0 bridgehead atoms. The second-order valence-electron chi connectivity index (χ2n) is 2.61. The Kier molecular flexibility index (Phi) is 10.9. The second-order valence-corrected chi connectivity index (χ2v) is 2.61. The van der Waals surface area contributed by atoms with Gasteiger partial charge in [0.15, 0.2) is 0 Å². The molecule has 0 aromatic rings. The highest BCUT2D eigenvalue weighted by Gasteiger charge is 1.89. The molecular formula is C10H18O3. The van der Waals surface area contributed by atoms with Gasteiger partial charge < -0.3 is 14.6 Å². The highest BCUT2D eigenvalue weighted by Crippen LogP contribution is 1.93. The van der Waals surface area contributed by atoms with Crippen molar-refractivity contribution in [3.63, 3.8) is 0 Å². The Labute approximate surface area is 80.0 Å². The van der Waals surface area contributed by atoms with E-state index < -0.39 is 0 Å². The molecule has 0 rings (SSSR count). The first kappa shape index (κ1) is 12.4. The Morgan fingerprint density at radius 1 is 1.00 bits per heavy atom. The van der Waals surface area contributed by atoms with E-state index in [-0.39, 0.29) is 6.61 Å². The molecule has 0 radical (unpaired) electrons. The molecule has 0 unspecified atom stereocenters. The van der Waals surface area contributed by atoms with Gasteiger partial charge in [0.25, 0.3) is 0 Å². The molecule has 0 aromatic carbocycles. The highest BCUT2D eigenvalue weighted by atomic mass is 16.5. The van der Waals surface area contributed by atoms with Crippen LogP contribution < -0.4 is 0 Å². The van der Waals surface area contributed by atoms with E-state index in [1.54, 1.807) is 0 Å². The van der Waals surface area contributed by atoms with Crippen LogP contribution in [0.3, 0.4) is 0 Å². The van der Waals surface area contributed by atoms with Gasteiger partial charge in [-0.25, -0.2) is 0 Å². The Morgan fingerprint density at radius 3 is 2.31 bits per heavy atom. The Morgan fingerprint density at radius 2 is 1.69 bits per heavy atom. The summed E-state index contributed by atoms with van der Waals surface area (Å²) in [6, 6.07) is 0. The lowest BCUT2D eigenvalue weighted by Crippen LogP contribution is -2.07. The average Bonchev–Trinajstić information content (AvgIpc) is 2.16. The number of unbranched alkanes of at least 4 members (excludes halogenated alkanes) is 2. The smallest absolute Gasteiger partial charge is 0.0701 e. The molecule has 76 valence electrons. The quantitative estimate of drug-likeness (QED) is 0.428. The highest BCUT2D eigenvalue weighted by molar-refractivity contribution is 4.82. The summed E-state index contributed by atoms with van der Waals surface area (Å²) in [7, 11) is 0. The molecule has 0 aromatic heterocycles. The maximum Gasteiger partial charge on any atom is 0.0701 e. The zero-order valence-corrected chi connectivity index (χ0v) is 8.00. The molecule has 0 aliphatic heterocycles. The van der Waals surface area contributed by atoms with Crippen molar-refractivity contribution in [1.29, 1.82) is 0 Å². The van der Waals surface area contributed by atoms with Gasteiger partial charge in [-0.1, -0.05) is 0 Å². The van der Waals surface area contributed by atoms with Crippen LogP contribution in [0.25, 0.3) is 0 Å². The molecular weight excluding hydrogens is 168 g/mol. The molecule has 0 spiro atoms. The van der Waals surface area contributed by atoms with Crippen LogP contribution in [0.1, 0.15) is 19.3 Å². The van der Waals surface area contributed by atoms with E-state index in [1.165, 1.54) is 0 Å². The van der Waals surface area contributed by atoms with Crippen molar-refractivity contribution in [2.45, 2.75) is 19.3 Å². The normalized spacial score (nSPS) is 9.85. The first-order valence-electron chi connectivity index (χ1n) is 4.61. The number of terminal acetylenes is 1. The molecule has 0 aliphatic carbocycles. The molecule has 0 saturated heterocycles. The monoisotopic (exact) mass is 186 g/mol. The summed E-state index contributed by atoms with van der Waals surface area (Å²) in [6.07, 6.45) is 7.94. The zero-order valence-electron chi connectivity index (χ0n) is 8.00. The van der Waals surface area contributed by atoms with Crippen molar-refractivity contribution in [1.82, 2.24) is 0 Å². The van der Waals surface area contributed by atoms with E-state index in [4.69, 9.17) is 21.0 Å². The third-order valence-electron chi connectivity index (χ3n) is 1.47. The minimum absolute atomic E-state index is 0.0716. The third-order valence-corrected chi connectivity index (χ3v) is 1.47. The van der Waals surface area contributed by atoms with Gasteiger partial charge in [0.2, 0.25) is 0 Å². The number of hydrogen-bond acceptors (Lipinski definition) is 3. The van der Waals surface area contributed by atoms with Crippen LogP contribution in [0.2, 0.25) is 0 Å². The van der Waals surface area contributed by atoms with Crippen molar-refractivity contribution in [2.24, 2.45) is 0 Å². The fourth-order valence-corrected chi connectivity index (χ4v) is 0.818. The topological polar surface area (TPSA) is 38.7 Å². The summed E-state index contributed by atoms with van der Waals surface area (Å²) in [4.78, 5) is 0. The fourth-order valence-electron chi connectivity index (χ4n) is 0.818. The Balaban J connectivity index is 2.80. The molecule has 0 atom stereocenters. The molecule has 1 N–H and O–H groups in total. The van der Waals surface area contributed by atoms with Gasteiger partial charge in [0, 0.05) is 13.0 Å². The van der Waals surface area contributed by atoms with Crippen LogP contribution in [0.5, 0.6) is 0 Å². The number of ether oxygens (including phenoxy) is 2. The third kappa shape index (κ3) is 11.4. The summed E-state index contributed by atoms with van der Waals surface area (Å²) in [5, 5.41) is 8.38. The van der Waals surface area contributed by atoms with Gasteiger partial charge in [0.1, 0.15) is 0 Å². The lowest BCUT2D eigenvalue weighted by molar-refractivity contribution is 0.0322. The molecule has 0 amide bonds. The molecule has 0 fully saturated rings. The van der Waals surface area contributed by atoms with Gasteiger partial charge in [0.05, 0.1) is 26.4 Å². The maximum absolute atomic E-state index is 8.38. The zero-order chi connectivity index (χ0) is 9.78. The molecule has 3 heteroatoms. The number of rotatable bonds is 9. The van der Waals surface area contributed by atoms with E-state index in [0.29, 0.717) is 19.8 Å². The van der Waals surface area contributed by atoms with Crippen molar-refractivity contribution in [3.8, 4) is 12.3 Å². The summed E-state index contributed by atoms with van der Waals surface area (Å²) in [5.41, 5.74) is 0. The fraction of sp³-hybridized carbons (Fsp3) is 0.800. The van der Waals surface area contributed by atoms with Crippen LogP contribution >= 0.6 is 0 Å². The molecule has 13 heavy (non-hydrogen) atoms. The molecule has 3 nitrogen and oxygen atoms in total. The van der Waals surface area contributed by atoms with E-state index in [9.17, 15) is 0 Å². The summed E-state index contributed by atoms with van der Waals surface area (Å²) >= 11 is 0. The SMILES string of the molecule is C#CCCCCOCCOCCO. The predicted molar refractivity (Wildman–Crippen MR) is 51.4 cm³/mol. The van der Waals surface area contributed by atoms with Crippen molar-refractivity contribution in [3.05, 3.63) is 0 Å². The molecule has 0 heterocycles. The van der Waals surface area contributed by atoms with Crippen LogP contribution in [-0.4, -0.2) is 38.1 Å². The second kappa shape index (κ2) is 11.4. The van der Waals surface area contributed by atoms with Crippen LogP contribution in [0, 0.1) is 12.3 Å². The standard InChI is InChI=1S/C10H18O3/c1-2-3-4-5-7-12-9-10-13-8-6-11/h1,11H,3-10H2. The van der Waals surface area contributed by atoms with E-state index in [1.807, 2.05) is 0 Å². The lowest BCUT2D eigenvalue weighted by atomic mass is 10.2. The minimum Gasteiger partial charge on any atom is -0.394 e. The first-order chi connectivity index (χ1) is 6.41. The lowest BCUT2D eigenvalue weighted by Gasteiger charge is -2.03. The summed E-state index contributed by atoms with van der Waals surface area (Å²) in [6.45, 7) is 2.35. The Bertz CT molecular complexity index is 129. The van der Waals surface area contributed by atoms with Crippen LogP contribution in [0.4, 0.5) is 0 Å². The maximum atomic E-state index is 8.38. The van der Waals surface area contributed by atoms with Crippen molar-refractivity contribution >= 4 is 0 Å². The van der Waals surface area contributed by atoms with Crippen LogP contribution in [-0.2, 0) is 9.47 Å². The molecule has 0 saturated carbocycles. The largest absolute Gasteiger partial charge is 0.394 e. The van der Waals surface area contributed by atoms with Crippen molar-refractivity contribution in [2.75, 3.05) is 33.0 Å². The minimum atomic E-state index is 0.0716. The van der Waals surface area contributed by atoms with Gasteiger partial charge in [-0.3, -0.25) is 0 Å². The summed E-state index contributed by atoms with van der Waals surface area (Å²) in [5.74, 6) is 2.58. The van der Waals surface area contributed by atoms with E-state index in [0.717, 1.165) is 25.9 Å². The van der Waals surface area contributed by atoms with E-state index in [2.05, 4.69) is 5.92 Å². The van der Waals surface area contributed by atoms with Crippen LogP contribution in [0.15, 0.2) is 0 Å². The van der Waals surface area contributed by atoms with Gasteiger partial charge >= 0.3 is 0 Å². The Hall–Kier alpha value is -0.560. The van der Waals surface area contributed by atoms with E-state index >= 15 is 0 Å². The van der Waals surface area contributed by atoms with Gasteiger partial charge in [-0.2, -0.15) is 0 Å². The van der Waals surface area contributed by atoms with Gasteiger partial charge in [-0.05, 0) is 12.8 Å². The van der Waals surface area contributed by atoms with Gasteiger partial charge in [-0.15, -0.1) is 12.3 Å². The number of aliphatic hydroxyl groups is 1.